The number of hydrogen-bond acceptors (Lipinski definition) is 3. The van der Waals surface area contributed by atoms with Gasteiger partial charge >= 0.3 is 5.97 Å². The number of carbonyl (C=O) groups excluding carboxylic acids is 2. The fourth-order valence-electron chi connectivity index (χ4n) is 2.62. The number of benzene rings is 2. The highest BCUT2D eigenvalue weighted by molar-refractivity contribution is 6.37. The maximum atomic E-state index is 11.9. The summed E-state index contributed by atoms with van der Waals surface area (Å²) in [4.78, 5) is 23.4. The lowest BCUT2D eigenvalue weighted by Crippen LogP contribution is -2.25. The lowest BCUT2D eigenvalue weighted by molar-refractivity contribution is -0.149. The molecule has 0 amide bonds. The Bertz CT molecular complexity index is 680. The van der Waals surface area contributed by atoms with Crippen molar-refractivity contribution in [2.45, 2.75) is 20.0 Å². The molecular weight excluding hydrogens is 240 g/mol. The second-order valence-corrected chi connectivity index (χ2v) is 5.40. The highest BCUT2D eigenvalue weighted by Crippen LogP contribution is 2.44. The third-order valence-electron chi connectivity index (χ3n) is 3.76. The van der Waals surface area contributed by atoms with E-state index >= 15 is 0 Å². The van der Waals surface area contributed by atoms with Gasteiger partial charge in [0.1, 0.15) is 6.10 Å². The summed E-state index contributed by atoms with van der Waals surface area (Å²) in [6.07, 6.45) is -0.515. The first-order valence-corrected chi connectivity index (χ1v) is 6.25. The minimum atomic E-state index is -0.818. The molecule has 1 fully saturated rings. The van der Waals surface area contributed by atoms with Crippen LogP contribution in [0.1, 0.15) is 25.5 Å². The fraction of sp³-hybridized carbons (Fsp3) is 0.250. The van der Waals surface area contributed by atoms with Gasteiger partial charge in [0.2, 0.25) is 5.78 Å². The van der Waals surface area contributed by atoms with Gasteiger partial charge in [-0.1, -0.05) is 42.5 Å². The summed E-state index contributed by atoms with van der Waals surface area (Å²) in [7, 11) is 0. The molecule has 0 bridgehead atoms. The van der Waals surface area contributed by atoms with Crippen LogP contribution in [0.25, 0.3) is 10.8 Å². The first-order valence-electron chi connectivity index (χ1n) is 6.25. The summed E-state index contributed by atoms with van der Waals surface area (Å²) < 4.78 is 5.29. The Morgan fingerprint density at radius 1 is 1.00 bits per heavy atom. The van der Waals surface area contributed by atoms with Crippen LogP contribution in [0.3, 0.4) is 0 Å². The molecule has 1 aliphatic rings. The van der Waals surface area contributed by atoms with Crippen LogP contribution in [-0.4, -0.2) is 11.8 Å². The van der Waals surface area contributed by atoms with E-state index in [1.807, 2.05) is 42.5 Å². The predicted molar refractivity (Wildman–Crippen MR) is 71.6 cm³/mol. The molecule has 3 heteroatoms. The number of carbonyl (C=O) groups is 2. The first kappa shape index (κ1) is 11.9. The van der Waals surface area contributed by atoms with E-state index in [0.717, 1.165) is 16.3 Å². The smallest absolute Gasteiger partial charge is 0.375 e. The zero-order valence-electron chi connectivity index (χ0n) is 10.8. The molecule has 2 aromatic carbocycles. The zero-order chi connectivity index (χ0) is 13.6. The highest BCUT2D eigenvalue weighted by atomic mass is 16.6. The minimum absolute atomic E-state index is 0.453. The number of Topliss-reactive ketones (excluding diaryl/α,β-unsaturated/α-hetero) is 1. The molecule has 1 heterocycles. The quantitative estimate of drug-likeness (QED) is 0.580. The fourth-order valence-corrected chi connectivity index (χ4v) is 2.62. The summed E-state index contributed by atoms with van der Waals surface area (Å²) >= 11 is 0. The van der Waals surface area contributed by atoms with Gasteiger partial charge in [-0.3, -0.25) is 4.79 Å². The lowest BCUT2D eigenvalue weighted by Gasteiger charge is -2.23. The molecule has 3 nitrogen and oxygen atoms in total. The molecule has 1 aliphatic heterocycles. The maximum absolute atomic E-state index is 11.9. The monoisotopic (exact) mass is 254 g/mol. The van der Waals surface area contributed by atoms with Crippen LogP contribution in [0.2, 0.25) is 0 Å². The van der Waals surface area contributed by atoms with E-state index in [0.29, 0.717) is 0 Å². The molecule has 3 rings (SSSR count). The Morgan fingerprint density at radius 3 is 2.37 bits per heavy atom. The Hall–Kier alpha value is -2.16. The van der Waals surface area contributed by atoms with Crippen molar-refractivity contribution in [3.05, 3.63) is 48.0 Å². The number of hydrogen-bond donors (Lipinski definition) is 0. The van der Waals surface area contributed by atoms with Crippen LogP contribution in [0.5, 0.6) is 0 Å². The minimum Gasteiger partial charge on any atom is -0.451 e. The van der Waals surface area contributed by atoms with Crippen LogP contribution in [0.4, 0.5) is 0 Å². The Balaban J connectivity index is 2.21. The van der Waals surface area contributed by atoms with Gasteiger partial charge in [-0.2, -0.15) is 0 Å². The molecule has 96 valence electrons. The molecule has 0 unspecified atom stereocenters. The second-order valence-electron chi connectivity index (χ2n) is 5.40. The molecule has 0 spiro atoms. The summed E-state index contributed by atoms with van der Waals surface area (Å²) in [5.41, 5.74) is 0.0728. The van der Waals surface area contributed by atoms with Crippen molar-refractivity contribution < 1.29 is 14.3 Å². The number of ketones is 1. The molecule has 0 aliphatic carbocycles. The molecule has 0 radical (unpaired) electrons. The predicted octanol–water partition coefficient (Wildman–Crippen LogP) is 3.03. The van der Waals surface area contributed by atoms with E-state index in [4.69, 9.17) is 4.74 Å². The van der Waals surface area contributed by atoms with Crippen molar-refractivity contribution in [3.8, 4) is 0 Å². The summed E-state index contributed by atoms with van der Waals surface area (Å²) in [6.45, 7) is 3.51. The lowest BCUT2D eigenvalue weighted by atomic mass is 9.80. The number of rotatable bonds is 1. The summed E-state index contributed by atoms with van der Waals surface area (Å²) in [5.74, 6) is -1.19. The van der Waals surface area contributed by atoms with Crippen molar-refractivity contribution in [2.75, 3.05) is 0 Å². The van der Waals surface area contributed by atoms with E-state index in [9.17, 15) is 9.59 Å². The summed E-state index contributed by atoms with van der Waals surface area (Å²) in [6, 6.07) is 13.7. The van der Waals surface area contributed by atoms with E-state index in [-0.39, 0.29) is 0 Å². The normalized spacial score (nSPS) is 21.7. The SMILES string of the molecule is CC1(C)C(=O)C(=O)O[C@@H]1c1cccc2ccccc12. The number of fused-ring (bicyclic) bond motifs is 1. The average Bonchev–Trinajstić information content (AvgIpc) is 2.61. The molecule has 0 aromatic heterocycles. The third kappa shape index (κ3) is 1.65. The summed E-state index contributed by atoms with van der Waals surface area (Å²) in [5, 5.41) is 2.09. The molecule has 0 N–H and O–H groups in total. The Morgan fingerprint density at radius 2 is 1.68 bits per heavy atom. The van der Waals surface area contributed by atoms with Crippen LogP contribution < -0.4 is 0 Å². The Kier molecular flexibility index (Phi) is 2.45. The highest BCUT2D eigenvalue weighted by Gasteiger charge is 2.51. The van der Waals surface area contributed by atoms with Gasteiger partial charge in [-0.05, 0) is 24.6 Å². The molecule has 1 saturated heterocycles. The van der Waals surface area contributed by atoms with Crippen LogP contribution in [0, 0.1) is 5.41 Å². The van der Waals surface area contributed by atoms with E-state index < -0.39 is 23.3 Å². The van der Waals surface area contributed by atoms with Crippen molar-refractivity contribution >= 4 is 22.5 Å². The van der Waals surface area contributed by atoms with E-state index in [1.54, 1.807) is 13.8 Å². The topological polar surface area (TPSA) is 43.4 Å². The van der Waals surface area contributed by atoms with Gasteiger partial charge in [0.25, 0.3) is 0 Å². The number of ether oxygens (including phenoxy) is 1. The number of cyclic esters (lactones) is 1. The average molecular weight is 254 g/mol. The van der Waals surface area contributed by atoms with E-state index in [1.165, 1.54) is 0 Å². The first-order chi connectivity index (χ1) is 9.01. The van der Waals surface area contributed by atoms with Gasteiger partial charge in [0.15, 0.2) is 0 Å². The van der Waals surface area contributed by atoms with E-state index in [2.05, 4.69) is 0 Å². The molecule has 19 heavy (non-hydrogen) atoms. The third-order valence-corrected chi connectivity index (χ3v) is 3.76. The van der Waals surface area contributed by atoms with Gasteiger partial charge in [0.05, 0.1) is 5.41 Å². The maximum Gasteiger partial charge on any atom is 0.375 e. The molecule has 1 atom stereocenters. The van der Waals surface area contributed by atoms with Crippen molar-refractivity contribution in [3.63, 3.8) is 0 Å². The van der Waals surface area contributed by atoms with Gasteiger partial charge in [-0.25, -0.2) is 4.79 Å². The largest absolute Gasteiger partial charge is 0.451 e. The zero-order valence-corrected chi connectivity index (χ0v) is 10.8. The van der Waals surface area contributed by atoms with Crippen molar-refractivity contribution in [1.29, 1.82) is 0 Å². The standard InChI is InChI=1S/C16H14O3/c1-16(2)13(17)15(18)19-14(16)12-9-5-7-10-6-3-4-8-11(10)12/h3-9,14H,1-2H3/t14-/m1/s1. The van der Waals surface area contributed by atoms with Crippen molar-refractivity contribution in [1.82, 2.24) is 0 Å². The van der Waals surface area contributed by atoms with Crippen LogP contribution in [0.15, 0.2) is 42.5 Å². The number of esters is 1. The van der Waals surface area contributed by atoms with Crippen molar-refractivity contribution in [2.24, 2.45) is 5.41 Å². The second kappa shape index (κ2) is 3.92. The van der Waals surface area contributed by atoms with Crippen LogP contribution in [-0.2, 0) is 14.3 Å². The van der Waals surface area contributed by atoms with Gasteiger partial charge in [0, 0.05) is 5.56 Å². The van der Waals surface area contributed by atoms with Gasteiger partial charge < -0.3 is 4.74 Å². The van der Waals surface area contributed by atoms with Crippen LogP contribution >= 0.6 is 0 Å². The van der Waals surface area contributed by atoms with Gasteiger partial charge in [-0.15, -0.1) is 0 Å². The Labute approximate surface area is 111 Å². The molecule has 0 saturated carbocycles. The molecule has 2 aromatic rings. The molecular formula is C16H14O3.